The van der Waals surface area contributed by atoms with Gasteiger partial charge in [-0.05, 0) is 38.1 Å². The van der Waals surface area contributed by atoms with Gasteiger partial charge < -0.3 is 10.2 Å². The number of amides is 1. The number of rotatable bonds is 3. The molecule has 1 unspecified atom stereocenters. The van der Waals surface area contributed by atoms with Gasteiger partial charge in [0, 0.05) is 17.6 Å². The van der Waals surface area contributed by atoms with Gasteiger partial charge in [-0.1, -0.05) is 15.9 Å². The van der Waals surface area contributed by atoms with Gasteiger partial charge in [-0.3, -0.25) is 4.79 Å². The van der Waals surface area contributed by atoms with Crippen LogP contribution >= 0.6 is 15.9 Å². The lowest BCUT2D eigenvalue weighted by Crippen LogP contribution is -2.31. The van der Waals surface area contributed by atoms with E-state index in [9.17, 15) is 13.6 Å². The second kappa shape index (κ2) is 5.96. The second-order valence-electron chi connectivity index (χ2n) is 4.71. The fourth-order valence-electron chi connectivity index (χ4n) is 2.38. The van der Waals surface area contributed by atoms with Crippen LogP contribution in [0.5, 0.6) is 0 Å². The van der Waals surface area contributed by atoms with E-state index >= 15 is 0 Å². The van der Waals surface area contributed by atoms with Gasteiger partial charge in [-0.2, -0.15) is 0 Å². The molecule has 1 aromatic rings. The fourth-order valence-corrected chi connectivity index (χ4v) is 2.78. The van der Waals surface area contributed by atoms with Gasteiger partial charge in [0.15, 0.2) is 0 Å². The summed E-state index contributed by atoms with van der Waals surface area (Å²) in [6.45, 7) is 1.88. The van der Waals surface area contributed by atoms with Crippen molar-refractivity contribution in [2.45, 2.75) is 6.42 Å². The zero-order valence-corrected chi connectivity index (χ0v) is 12.1. The van der Waals surface area contributed by atoms with Gasteiger partial charge in [0.05, 0.1) is 0 Å². The molecule has 0 radical (unpaired) electrons. The number of benzene rings is 1. The van der Waals surface area contributed by atoms with Gasteiger partial charge in [0.25, 0.3) is 5.91 Å². The number of hydrogen-bond donors (Lipinski definition) is 1. The van der Waals surface area contributed by atoms with Crippen molar-refractivity contribution in [2.24, 2.45) is 5.92 Å². The molecule has 0 aliphatic carbocycles. The minimum atomic E-state index is -0.825. The predicted molar refractivity (Wildman–Crippen MR) is 72.0 cm³/mol. The van der Waals surface area contributed by atoms with E-state index < -0.39 is 23.1 Å². The molecule has 0 aromatic heterocycles. The van der Waals surface area contributed by atoms with E-state index in [1.807, 2.05) is 7.05 Å². The highest BCUT2D eigenvalue weighted by molar-refractivity contribution is 9.10. The van der Waals surface area contributed by atoms with Gasteiger partial charge in [-0.25, -0.2) is 8.78 Å². The summed E-state index contributed by atoms with van der Waals surface area (Å²) in [6, 6.07) is 2.22. The average molecular weight is 333 g/mol. The number of nitrogens with zero attached hydrogens (tertiary/aromatic N) is 1. The van der Waals surface area contributed by atoms with Crippen molar-refractivity contribution in [3.63, 3.8) is 0 Å². The molecule has 2 rings (SSSR count). The molecule has 1 atom stereocenters. The van der Waals surface area contributed by atoms with Crippen molar-refractivity contribution >= 4 is 21.8 Å². The summed E-state index contributed by atoms with van der Waals surface area (Å²) >= 11 is 3.00. The van der Waals surface area contributed by atoms with Crippen LogP contribution in [0.2, 0.25) is 0 Å². The molecular weight excluding hydrogens is 318 g/mol. The van der Waals surface area contributed by atoms with E-state index in [1.54, 1.807) is 0 Å². The Bertz CT molecular complexity index is 473. The first-order chi connectivity index (χ1) is 9.02. The maximum absolute atomic E-state index is 13.7. The minimum absolute atomic E-state index is 0.286. The van der Waals surface area contributed by atoms with Gasteiger partial charge in [0.1, 0.15) is 17.2 Å². The first kappa shape index (κ1) is 14.4. The molecule has 0 bridgehead atoms. The summed E-state index contributed by atoms with van der Waals surface area (Å²) in [7, 11) is 1.85. The third kappa shape index (κ3) is 3.12. The molecule has 19 heavy (non-hydrogen) atoms. The predicted octanol–water partition coefficient (Wildman–Crippen LogP) is 2.41. The number of carbonyl (C=O) groups is 1. The van der Waals surface area contributed by atoms with Crippen LogP contribution in [0.3, 0.4) is 0 Å². The lowest BCUT2D eigenvalue weighted by Gasteiger charge is -2.17. The zero-order chi connectivity index (χ0) is 14.0. The van der Waals surface area contributed by atoms with Crippen LogP contribution in [0.1, 0.15) is 16.8 Å². The van der Waals surface area contributed by atoms with Crippen LogP contribution in [-0.2, 0) is 0 Å². The molecule has 1 fully saturated rings. The maximum Gasteiger partial charge on any atom is 0.259 e. The molecule has 1 aromatic carbocycles. The Balaban J connectivity index is 2.17. The summed E-state index contributed by atoms with van der Waals surface area (Å²) in [5, 5.41) is 3.05. The first-order valence-electron chi connectivity index (χ1n) is 6.11. The SMILES string of the molecule is CNCC1CCN(C(=O)c2c(F)cc(Br)cc2F)C1. The standard InChI is InChI=1S/C13H15BrF2N2O/c1-17-6-8-2-3-18(7-8)13(19)12-10(15)4-9(14)5-11(12)16/h4-5,8,17H,2-3,6-7H2,1H3. The highest BCUT2D eigenvalue weighted by Gasteiger charge is 2.29. The largest absolute Gasteiger partial charge is 0.338 e. The summed E-state index contributed by atoms with van der Waals surface area (Å²) < 4.78 is 27.7. The Hall–Kier alpha value is -1.01. The van der Waals surface area contributed by atoms with Crippen molar-refractivity contribution in [3.05, 3.63) is 33.8 Å². The number of hydrogen-bond acceptors (Lipinski definition) is 2. The van der Waals surface area contributed by atoms with Crippen molar-refractivity contribution in [3.8, 4) is 0 Å². The van der Waals surface area contributed by atoms with Gasteiger partial charge in [0.2, 0.25) is 0 Å². The third-order valence-electron chi connectivity index (χ3n) is 3.29. The Morgan fingerprint density at radius 3 is 2.68 bits per heavy atom. The highest BCUT2D eigenvalue weighted by Crippen LogP contribution is 2.24. The molecule has 1 saturated heterocycles. The molecule has 1 heterocycles. The molecule has 1 aliphatic rings. The molecular formula is C13H15BrF2N2O. The smallest absolute Gasteiger partial charge is 0.259 e. The summed E-state index contributed by atoms with van der Waals surface area (Å²) in [4.78, 5) is 13.7. The Labute approximate surface area is 119 Å². The summed E-state index contributed by atoms with van der Waals surface area (Å²) in [5.41, 5.74) is -0.465. The van der Waals surface area contributed by atoms with Gasteiger partial charge in [-0.15, -0.1) is 0 Å². The first-order valence-corrected chi connectivity index (χ1v) is 6.90. The van der Waals surface area contributed by atoms with Crippen molar-refractivity contribution in [1.82, 2.24) is 10.2 Å². The minimum Gasteiger partial charge on any atom is -0.338 e. The summed E-state index contributed by atoms with van der Waals surface area (Å²) in [5.74, 6) is -1.88. The Morgan fingerprint density at radius 2 is 2.11 bits per heavy atom. The normalized spacial score (nSPS) is 18.9. The van der Waals surface area contributed by atoms with Crippen molar-refractivity contribution < 1.29 is 13.6 Å². The van der Waals surface area contributed by atoms with Gasteiger partial charge >= 0.3 is 0 Å². The van der Waals surface area contributed by atoms with Crippen LogP contribution < -0.4 is 5.32 Å². The Morgan fingerprint density at radius 1 is 1.47 bits per heavy atom. The molecule has 1 aliphatic heterocycles. The van der Waals surface area contributed by atoms with E-state index in [4.69, 9.17) is 0 Å². The average Bonchev–Trinajstić information content (AvgIpc) is 2.76. The quantitative estimate of drug-likeness (QED) is 0.921. The number of nitrogens with one attached hydrogen (secondary N) is 1. The maximum atomic E-state index is 13.7. The van der Waals surface area contributed by atoms with E-state index in [-0.39, 0.29) is 4.47 Å². The van der Waals surface area contributed by atoms with E-state index in [2.05, 4.69) is 21.2 Å². The third-order valence-corrected chi connectivity index (χ3v) is 3.74. The fraction of sp³-hybridized carbons (Fsp3) is 0.462. The summed E-state index contributed by atoms with van der Waals surface area (Å²) in [6.07, 6.45) is 0.854. The number of halogens is 3. The van der Waals surface area contributed by atoms with E-state index in [0.29, 0.717) is 19.0 Å². The molecule has 104 valence electrons. The van der Waals surface area contributed by atoms with Crippen LogP contribution in [0.25, 0.3) is 0 Å². The molecule has 6 heteroatoms. The lowest BCUT2D eigenvalue weighted by molar-refractivity contribution is 0.0777. The van der Waals surface area contributed by atoms with Crippen LogP contribution in [0, 0.1) is 17.6 Å². The Kier molecular flexibility index (Phi) is 4.52. The topological polar surface area (TPSA) is 32.3 Å². The monoisotopic (exact) mass is 332 g/mol. The van der Waals surface area contributed by atoms with E-state index in [0.717, 1.165) is 25.1 Å². The zero-order valence-electron chi connectivity index (χ0n) is 10.5. The van der Waals surface area contributed by atoms with Crippen LogP contribution in [-0.4, -0.2) is 37.5 Å². The number of carbonyl (C=O) groups excluding carboxylic acids is 1. The van der Waals surface area contributed by atoms with Crippen LogP contribution in [0.4, 0.5) is 8.78 Å². The number of likely N-dealkylation sites (tertiary alicyclic amines) is 1. The molecule has 0 saturated carbocycles. The van der Waals surface area contributed by atoms with Crippen LogP contribution in [0.15, 0.2) is 16.6 Å². The molecule has 0 spiro atoms. The van der Waals surface area contributed by atoms with E-state index in [1.165, 1.54) is 4.90 Å². The molecule has 3 nitrogen and oxygen atoms in total. The molecule has 1 amide bonds. The highest BCUT2D eigenvalue weighted by atomic mass is 79.9. The van der Waals surface area contributed by atoms with Crippen molar-refractivity contribution in [2.75, 3.05) is 26.7 Å². The second-order valence-corrected chi connectivity index (χ2v) is 5.62. The van der Waals surface area contributed by atoms with Crippen molar-refractivity contribution in [1.29, 1.82) is 0 Å². The lowest BCUT2D eigenvalue weighted by atomic mass is 10.1. The molecule has 1 N–H and O–H groups in total.